The van der Waals surface area contributed by atoms with Gasteiger partial charge in [0, 0.05) is 56.5 Å². The molecule has 0 unspecified atom stereocenters. The SMILES string of the molecule is CC(=O)NC[C@H]1CN(c2ccc(-c3ccc(N4CCN(C(=O)C=C(C)C)CC4)nc3)c(F)c2)C(=O)O1. The summed E-state index contributed by atoms with van der Waals surface area (Å²) in [5.41, 5.74) is 2.35. The molecular weight excluding hydrogens is 465 g/mol. The topological polar surface area (TPSA) is 95.1 Å². The molecule has 190 valence electrons. The van der Waals surface area contributed by atoms with Crippen LogP contribution in [-0.2, 0) is 14.3 Å². The molecule has 1 aromatic heterocycles. The molecule has 0 radical (unpaired) electrons. The van der Waals surface area contributed by atoms with Crippen LogP contribution in [0, 0.1) is 5.82 Å². The van der Waals surface area contributed by atoms with Gasteiger partial charge in [-0.2, -0.15) is 0 Å². The maximum absolute atomic E-state index is 15.0. The lowest BCUT2D eigenvalue weighted by molar-refractivity contribution is -0.126. The molecule has 0 saturated carbocycles. The Hall–Kier alpha value is -3.95. The Kier molecular flexibility index (Phi) is 7.52. The number of ether oxygens (including phenoxy) is 1. The van der Waals surface area contributed by atoms with Crippen LogP contribution in [-0.4, -0.2) is 73.2 Å². The van der Waals surface area contributed by atoms with E-state index in [0.717, 1.165) is 11.4 Å². The summed E-state index contributed by atoms with van der Waals surface area (Å²) in [5.74, 6) is 0.111. The molecule has 2 fully saturated rings. The summed E-state index contributed by atoms with van der Waals surface area (Å²) >= 11 is 0. The number of cyclic esters (lactones) is 1. The third-order valence-corrected chi connectivity index (χ3v) is 6.10. The van der Waals surface area contributed by atoms with E-state index in [1.165, 1.54) is 17.9 Å². The van der Waals surface area contributed by atoms with Crippen molar-refractivity contribution in [1.82, 2.24) is 15.2 Å². The highest BCUT2D eigenvalue weighted by atomic mass is 19.1. The summed E-state index contributed by atoms with van der Waals surface area (Å²) in [6, 6.07) is 8.24. The van der Waals surface area contributed by atoms with Crippen LogP contribution >= 0.6 is 0 Å². The van der Waals surface area contributed by atoms with Crippen molar-refractivity contribution in [2.24, 2.45) is 0 Å². The fourth-order valence-corrected chi connectivity index (χ4v) is 4.23. The standard InChI is InChI=1S/C26H30FN5O4/c1-17(2)12-25(34)31-10-8-30(9-11-31)24-7-4-19(14-29-24)22-6-5-20(13-23(22)27)32-16-21(36-26(32)35)15-28-18(3)33/h4-7,12-14,21H,8-11,15-16H2,1-3H3,(H,28,33)/t21-/m0/s1. The number of hydrogen-bond donors (Lipinski definition) is 1. The average Bonchev–Trinajstić information content (AvgIpc) is 3.23. The van der Waals surface area contributed by atoms with E-state index in [9.17, 15) is 14.4 Å². The van der Waals surface area contributed by atoms with Gasteiger partial charge in [-0.15, -0.1) is 0 Å². The van der Waals surface area contributed by atoms with Crippen LogP contribution in [0.1, 0.15) is 20.8 Å². The van der Waals surface area contributed by atoms with Crippen LogP contribution in [0.4, 0.5) is 20.7 Å². The molecule has 2 aliphatic rings. The number of allylic oxidation sites excluding steroid dienone is 1. The zero-order valence-corrected chi connectivity index (χ0v) is 20.7. The molecule has 1 aromatic carbocycles. The second kappa shape index (κ2) is 10.8. The average molecular weight is 496 g/mol. The van der Waals surface area contributed by atoms with Crippen molar-refractivity contribution in [2.75, 3.05) is 49.1 Å². The van der Waals surface area contributed by atoms with Crippen molar-refractivity contribution in [3.05, 3.63) is 54.0 Å². The van der Waals surface area contributed by atoms with Crippen molar-refractivity contribution in [3.8, 4) is 11.1 Å². The number of carbonyl (C=O) groups is 3. The lowest BCUT2D eigenvalue weighted by Gasteiger charge is -2.35. The Morgan fingerprint density at radius 3 is 2.50 bits per heavy atom. The van der Waals surface area contributed by atoms with E-state index >= 15 is 4.39 Å². The van der Waals surface area contributed by atoms with E-state index in [1.54, 1.807) is 24.4 Å². The van der Waals surface area contributed by atoms with Crippen molar-refractivity contribution in [3.63, 3.8) is 0 Å². The maximum Gasteiger partial charge on any atom is 0.414 e. The number of hydrogen-bond acceptors (Lipinski definition) is 6. The Morgan fingerprint density at radius 2 is 1.89 bits per heavy atom. The van der Waals surface area contributed by atoms with Gasteiger partial charge in [-0.1, -0.05) is 5.57 Å². The van der Waals surface area contributed by atoms with E-state index in [1.807, 2.05) is 30.9 Å². The zero-order valence-electron chi connectivity index (χ0n) is 20.7. The van der Waals surface area contributed by atoms with E-state index < -0.39 is 18.0 Å². The van der Waals surface area contributed by atoms with Gasteiger partial charge in [-0.3, -0.25) is 14.5 Å². The Bertz CT molecular complexity index is 1170. The molecule has 0 spiro atoms. The first kappa shape index (κ1) is 25.2. The Labute approximate surface area is 209 Å². The van der Waals surface area contributed by atoms with E-state index in [2.05, 4.69) is 15.2 Å². The number of halogens is 1. The summed E-state index contributed by atoms with van der Waals surface area (Å²) in [7, 11) is 0. The third kappa shape index (κ3) is 5.81. The third-order valence-electron chi connectivity index (χ3n) is 6.10. The molecule has 3 amide bonds. The number of nitrogens with zero attached hydrogens (tertiary/aromatic N) is 4. The van der Waals surface area contributed by atoms with E-state index in [-0.39, 0.29) is 24.9 Å². The van der Waals surface area contributed by atoms with Crippen LogP contribution in [0.2, 0.25) is 0 Å². The van der Waals surface area contributed by atoms with E-state index in [4.69, 9.17) is 4.74 Å². The van der Waals surface area contributed by atoms with Crippen molar-refractivity contribution >= 4 is 29.4 Å². The minimum Gasteiger partial charge on any atom is -0.442 e. The van der Waals surface area contributed by atoms with Gasteiger partial charge in [0.25, 0.3) is 0 Å². The number of pyridine rings is 1. The van der Waals surface area contributed by atoms with Gasteiger partial charge >= 0.3 is 6.09 Å². The molecule has 10 heteroatoms. The fourth-order valence-electron chi connectivity index (χ4n) is 4.23. The van der Waals surface area contributed by atoms with Crippen LogP contribution < -0.4 is 15.1 Å². The van der Waals surface area contributed by atoms with Crippen molar-refractivity contribution in [2.45, 2.75) is 26.9 Å². The number of rotatable bonds is 6. The molecule has 9 nitrogen and oxygen atoms in total. The molecule has 3 heterocycles. The molecule has 36 heavy (non-hydrogen) atoms. The summed E-state index contributed by atoms with van der Waals surface area (Å²) < 4.78 is 20.3. The second-order valence-corrected chi connectivity index (χ2v) is 9.16. The molecule has 1 atom stereocenters. The predicted octanol–water partition coefficient (Wildman–Crippen LogP) is 2.96. The molecule has 0 aliphatic carbocycles. The van der Waals surface area contributed by atoms with E-state index in [0.29, 0.717) is 43.0 Å². The maximum atomic E-state index is 15.0. The summed E-state index contributed by atoms with van der Waals surface area (Å²) in [4.78, 5) is 45.3. The van der Waals surface area contributed by atoms with Gasteiger partial charge in [0.2, 0.25) is 11.8 Å². The van der Waals surface area contributed by atoms with Gasteiger partial charge in [-0.25, -0.2) is 14.2 Å². The van der Waals surface area contributed by atoms with Crippen molar-refractivity contribution < 1.29 is 23.5 Å². The van der Waals surface area contributed by atoms with Gasteiger partial charge in [0.05, 0.1) is 18.8 Å². The smallest absolute Gasteiger partial charge is 0.414 e. The number of amides is 3. The minimum absolute atomic E-state index is 0.0299. The van der Waals surface area contributed by atoms with Gasteiger partial charge in [0.15, 0.2) is 0 Å². The molecule has 4 rings (SSSR count). The number of piperazine rings is 1. The Balaban J connectivity index is 1.39. The highest BCUT2D eigenvalue weighted by molar-refractivity contribution is 5.90. The van der Waals surface area contributed by atoms with Crippen LogP contribution in [0.3, 0.4) is 0 Å². The van der Waals surface area contributed by atoms with Crippen LogP contribution in [0.15, 0.2) is 48.2 Å². The fraction of sp³-hybridized carbons (Fsp3) is 0.385. The molecule has 2 aliphatic heterocycles. The molecule has 0 bridgehead atoms. The van der Waals surface area contributed by atoms with Crippen LogP contribution in [0.25, 0.3) is 11.1 Å². The number of nitrogens with one attached hydrogen (secondary N) is 1. The number of anilines is 2. The molecule has 2 aromatic rings. The second-order valence-electron chi connectivity index (χ2n) is 9.16. The first-order chi connectivity index (χ1) is 17.2. The normalized spacial score (nSPS) is 17.6. The monoisotopic (exact) mass is 495 g/mol. The van der Waals surface area contributed by atoms with Crippen LogP contribution in [0.5, 0.6) is 0 Å². The summed E-state index contributed by atoms with van der Waals surface area (Å²) in [6.07, 6.45) is 2.21. The van der Waals surface area contributed by atoms with Gasteiger partial charge in [0.1, 0.15) is 17.7 Å². The highest BCUT2D eigenvalue weighted by Crippen LogP contribution is 2.29. The largest absolute Gasteiger partial charge is 0.442 e. The first-order valence-corrected chi connectivity index (χ1v) is 11.9. The molecular formula is C26H30FN5O4. The quantitative estimate of drug-likeness (QED) is 0.620. The first-order valence-electron chi connectivity index (χ1n) is 11.9. The highest BCUT2D eigenvalue weighted by Gasteiger charge is 2.32. The predicted molar refractivity (Wildman–Crippen MR) is 134 cm³/mol. The minimum atomic E-state index is -0.578. The Morgan fingerprint density at radius 1 is 1.14 bits per heavy atom. The molecule has 2 saturated heterocycles. The van der Waals surface area contributed by atoms with Gasteiger partial charge < -0.3 is 19.9 Å². The van der Waals surface area contributed by atoms with Crippen molar-refractivity contribution in [1.29, 1.82) is 0 Å². The number of aromatic nitrogens is 1. The number of carbonyl (C=O) groups excluding carboxylic acids is 3. The van der Waals surface area contributed by atoms with Gasteiger partial charge in [-0.05, 0) is 44.2 Å². The summed E-state index contributed by atoms with van der Waals surface area (Å²) in [6.45, 7) is 8.21. The lowest BCUT2D eigenvalue weighted by atomic mass is 10.1. The lowest BCUT2D eigenvalue weighted by Crippen LogP contribution is -2.48. The molecule has 1 N–H and O–H groups in total. The summed E-state index contributed by atoms with van der Waals surface area (Å²) in [5, 5.41) is 2.62. The number of benzene rings is 1. The zero-order chi connectivity index (χ0) is 25.8.